The molecule has 0 saturated carbocycles. The molecule has 1 saturated heterocycles. The van der Waals surface area contributed by atoms with Crippen molar-refractivity contribution in [3.63, 3.8) is 0 Å². The minimum absolute atomic E-state index is 0.00318. The Hall–Kier alpha value is -3.33. The van der Waals surface area contributed by atoms with Crippen molar-refractivity contribution in [3.05, 3.63) is 71.4 Å². The predicted octanol–water partition coefficient (Wildman–Crippen LogP) is 3.52. The first-order chi connectivity index (χ1) is 16.3. The zero-order valence-electron chi connectivity index (χ0n) is 19.3. The molecular formula is C25H27NO7S. The van der Waals surface area contributed by atoms with E-state index >= 15 is 0 Å². The summed E-state index contributed by atoms with van der Waals surface area (Å²) < 4.78 is 44.6. The van der Waals surface area contributed by atoms with Gasteiger partial charge in [0.15, 0.2) is 6.23 Å². The largest absolute Gasteiger partial charge is 0.497 e. The predicted molar refractivity (Wildman–Crippen MR) is 123 cm³/mol. The van der Waals surface area contributed by atoms with E-state index in [-0.39, 0.29) is 35.5 Å². The number of allylic oxidation sites excluding steroid dienone is 1. The van der Waals surface area contributed by atoms with E-state index in [1.165, 1.54) is 12.1 Å². The number of aryl methyl sites for hydroxylation is 1. The van der Waals surface area contributed by atoms with Crippen LogP contribution in [-0.4, -0.2) is 44.6 Å². The molecule has 2 aliphatic heterocycles. The Morgan fingerprint density at radius 3 is 2.41 bits per heavy atom. The lowest BCUT2D eigenvalue weighted by Gasteiger charge is -2.45. The molecule has 0 aromatic heterocycles. The number of nitrogens with zero attached hydrogens (tertiary/aromatic N) is 1. The topological polar surface area (TPSA) is 99.2 Å². The van der Waals surface area contributed by atoms with Crippen molar-refractivity contribution in [2.45, 2.75) is 43.7 Å². The zero-order valence-corrected chi connectivity index (χ0v) is 20.1. The molecule has 0 N–H and O–H groups in total. The van der Waals surface area contributed by atoms with Crippen LogP contribution in [0.2, 0.25) is 0 Å². The Morgan fingerprint density at radius 2 is 1.79 bits per heavy atom. The Bertz CT molecular complexity index is 1200. The van der Waals surface area contributed by atoms with Crippen molar-refractivity contribution in [3.8, 4) is 5.75 Å². The van der Waals surface area contributed by atoms with Crippen LogP contribution in [0.15, 0.2) is 65.2 Å². The molecule has 2 aliphatic rings. The number of hydrogen-bond donors (Lipinski definition) is 0. The quantitative estimate of drug-likeness (QED) is 0.577. The Morgan fingerprint density at radius 1 is 1.12 bits per heavy atom. The van der Waals surface area contributed by atoms with Crippen LogP contribution in [0.25, 0.3) is 0 Å². The molecule has 2 aromatic rings. The van der Waals surface area contributed by atoms with Crippen LogP contribution in [0, 0.1) is 12.8 Å². The molecule has 0 bridgehead atoms. The van der Waals surface area contributed by atoms with E-state index < -0.39 is 28.2 Å². The first-order valence-electron chi connectivity index (χ1n) is 11.1. The molecule has 0 unspecified atom stereocenters. The molecule has 8 nitrogen and oxygen atoms in total. The van der Waals surface area contributed by atoms with E-state index in [2.05, 4.69) is 0 Å². The van der Waals surface area contributed by atoms with E-state index in [4.69, 9.17) is 14.2 Å². The van der Waals surface area contributed by atoms with Gasteiger partial charge in [0.05, 0.1) is 18.6 Å². The van der Waals surface area contributed by atoms with Crippen molar-refractivity contribution in [2.24, 2.45) is 5.92 Å². The van der Waals surface area contributed by atoms with Gasteiger partial charge in [-0.2, -0.15) is 0 Å². The minimum atomic E-state index is -4.23. The Balaban J connectivity index is 1.88. The summed E-state index contributed by atoms with van der Waals surface area (Å²) in [7, 11) is -2.67. The highest BCUT2D eigenvalue weighted by Gasteiger charge is 2.50. The summed E-state index contributed by atoms with van der Waals surface area (Å²) in [6, 6.07) is 13.6. The molecule has 0 spiro atoms. The molecule has 9 heteroatoms. The molecule has 180 valence electrons. The fraction of sp³-hybridized carbons (Fsp3) is 0.360. The number of methoxy groups -OCH3 is 1. The first kappa shape index (κ1) is 23.8. The van der Waals surface area contributed by atoms with E-state index in [9.17, 15) is 18.0 Å². The number of ether oxygens (including phenoxy) is 3. The highest BCUT2D eigenvalue weighted by Crippen LogP contribution is 2.45. The van der Waals surface area contributed by atoms with Crippen LogP contribution in [0.5, 0.6) is 5.75 Å². The van der Waals surface area contributed by atoms with Gasteiger partial charge in [-0.1, -0.05) is 29.8 Å². The summed E-state index contributed by atoms with van der Waals surface area (Å²) in [5.41, 5.74) is 1.57. The van der Waals surface area contributed by atoms with Gasteiger partial charge in [-0.3, -0.25) is 4.79 Å². The fourth-order valence-electron chi connectivity index (χ4n) is 4.41. The number of rotatable bonds is 6. The van der Waals surface area contributed by atoms with Crippen molar-refractivity contribution < 1.29 is 32.2 Å². The number of carbonyl (C=O) groups excluding carboxylic acids is 2. The molecule has 0 radical (unpaired) electrons. The van der Waals surface area contributed by atoms with Crippen molar-refractivity contribution in [2.75, 3.05) is 13.7 Å². The summed E-state index contributed by atoms with van der Waals surface area (Å²) in [5.74, 6) is -1.39. The van der Waals surface area contributed by atoms with Crippen molar-refractivity contribution >= 4 is 22.0 Å². The molecule has 4 rings (SSSR count). The molecule has 1 fully saturated rings. The highest BCUT2D eigenvalue weighted by atomic mass is 32.2. The van der Waals surface area contributed by atoms with Crippen LogP contribution in [0.1, 0.15) is 36.8 Å². The third-order valence-electron chi connectivity index (χ3n) is 6.13. The zero-order chi connectivity index (χ0) is 24.5. The molecule has 2 aromatic carbocycles. The van der Waals surface area contributed by atoms with Crippen molar-refractivity contribution in [1.82, 2.24) is 4.31 Å². The number of fused-ring (bicyclic) bond motifs is 1. The third-order valence-corrected chi connectivity index (χ3v) is 7.92. The van der Waals surface area contributed by atoms with E-state index in [1.54, 1.807) is 44.4 Å². The van der Waals surface area contributed by atoms with Gasteiger partial charge in [0.1, 0.15) is 11.4 Å². The minimum Gasteiger partial charge on any atom is -0.497 e. The smallest absolute Gasteiger partial charge is 0.355 e. The molecule has 0 aliphatic carbocycles. The van der Waals surface area contributed by atoms with Crippen LogP contribution in [0.3, 0.4) is 0 Å². The molecule has 3 atom stereocenters. The summed E-state index contributed by atoms with van der Waals surface area (Å²) in [4.78, 5) is 25.3. The van der Waals surface area contributed by atoms with Crippen molar-refractivity contribution in [1.29, 1.82) is 0 Å². The van der Waals surface area contributed by atoms with Gasteiger partial charge in [0, 0.05) is 18.3 Å². The van der Waals surface area contributed by atoms with Gasteiger partial charge < -0.3 is 14.2 Å². The van der Waals surface area contributed by atoms with E-state index in [0.717, 1.165) is 15.4 Å². The van der Waals surface area contributed by atoms with Gasteiger partial charge in [-0.15, -0.1) is 0 Å². The standard InChI is InChI=1S/C25H27NO7S/c1-4-32-25(28)22-15-21(17-7-9-18(31-3)10-8-17)20-13-14-23(27)33-24(20)26(22)34(29,30)19-11-5-16(2)6-12-19/h5-12,15,20-21,24H,4,13-14H2,1-3H3/t20-,21-,24-/m1/s1. The lowest BCUT2D eigenvalue weighted by atomic mass is 9.78. The molecular weight excluding hydrogens is 458 g/mol. The van der Waals surface area contributed by atoms with Gasteiger partial charge >= 0.3 is 11.9 Å². The number of benzene rings is 2. The van der Waals surface area contributed by atoms with Gasteiger partial charge in [-0.25, -0.2) is 17.5 Å². The maximum Gasteiger partial charge on any atom is 0.355 e. The molecule has 2 heterocycles. The third kappa shape index (κ3) is 4.40. The Labute approximate surface area is 199 Å². The summed E-state index contributed by atoms with van der Waals surface area (Å²) >= 11 is 0. The van der Waals surface area contributed by atoms with Crippen LogP contribution < -0.4 is 4.74 Å². The summed E-state index contributed by atoms with van der Waals surface area (Å²) in [6.07, 6.45) is 1.01. The lowest BCUT2D eigenvalue weighted by molar-refractivity contribution is -0.170. The summed E-state index contributed by atoms with van der Waals surface area (Å²) in [5, 5.41) is 0. The van der Waals surface area contributed by atoms with Crippen LogP contribution in [0.4, 0.5) is 0 Å². The fourth-order valence-corrected chi connectivity index (χ4v) is 5.99. The summed E-state index contributed by atoms with van der Waals surface area (Å²) in [6.45, 7) is 3.56. The maximum absolute atomic E-state index is 13.8. The normalized spacial score (nSPS) is 22.3. The van der Waals surface area contributed by atoms with Crippen LogP contribution in [-0.2, 0) is 29.1 Å². The second-order valence-corrected chi connectivity index (χ2v) is 10.1. The molecule has 0 amide bonds. The number of esters is 2. The second-order valence-electron chi connectivity index (χ2n) is 8.27. The Kier molecular flexibility index (Phi) is 6.65. The van der Waals surface area contributed by atoms with E-state index in [0.29, 0.717) is 12.2 Å². The van der Waals surface area contributed by atoms with Gasteiger partial charge in [0.2, 0.25) is 0 Å². The lowest BCUT2D eigenvalue weighted by Crippen LogP contribution is -2.54. The van der Waals surface area contributed by atoms with E-state index in [1.807, 2.05) is 19.1 Å². The second kappa shape index (κ2) is 9.50. The highest BCUT2D eigenvalue weighted by molar-refractivity contribution is 7.89. The number of sulfonamides is 1. The number of carbonyl (C=O) groups is 2. The SMILES string of the molecule is CCOC(=O)C1=C[C@H](c2ccc(OC)cc2)[C@H]2CCC(=O)O[C@H]2N1S(=O)(=O)c1ccc(C)cc1. The van der Waals surface area contributed by atoms with Crippen LogP contribution >= 0.6 is 0 Å². The van der Waals surface area contributed by atoms with Gasteiger partial charge in [0.25, 0.3) is 10.0 Å². The first-order valence-corrected chi connectivity index (χ1v) is 12.5. The molecule has 34 heavy (non-hydrogen) atoms. The number of hydrogen-bond acceptors (Lipinski definition) is 7. The average Bonchev–Trinajstić information content (AvgIpc) is 2.83. The van der Waals surface area contributed by atoms with Gasteiger partial charge in [-0.05, 0) is 56.2 Å². The maximum atomic E-state index is 13.8. The monoisotopic (exact) mass is 485 g/mol. The average molecular weight is 486 g/mol.